The molecule has 2 saturated heterocycles. The molecule has 0 radical (unpaired) electrons. The van der Waals surface area contributed by atoms with Crippen LogP contribution in [-0.2, 0) is 30.9 Å². The third kappa shape index (κ3) is 7.35. The molecule has 244 valence electrons. The number of carbonyl (C=O) groups excluding carboxylic acids is 2. The number of nitrogens with one attached hydrogen (secondary N) is 2. The van der Waals surface area contributed by atoms with Crippen LogP contribution in [0, 0.1) is 19.8 Å². The summed E-state index contributed by atoms with van der Waals surface area (Å²) in [5, 5.41) is 7.87. The van der Waals surface area contributed by atoms with Crippen molar-refractivity contribution in [3.63, 3.8) is 0 Å². The molecule has 0 bridgehead atoms. The summed E-state index contributed by atoms with van der Waals surface area (Å²) >= 11 is 0. The maximum atomic E-state index is 13.6. The number of hydrogen-bond donors (Lipinski definition) is 2. The maximum absolute atomic E-state index is 13.6. The summed E-state index contributed by atoms with van der Waals surface area (Å²) in [6, 6.07) is 6.30. The first-order chi connectivity index (χ1) is 20.9. The van der Waals surface area contributed by atoms with Gasteiger partial charge in [-0.05, 0) is 76.1 Å². The quantitative estimate of drug-likeness (QED) is 0.307. The Morgan fingerprint density at radius 1 is 1.11 bits per heavy atom. The second-order valence-corrected chi connectivity index (χ2v) is 14.4. The van der Waals surface area contributed by atoms with E-state index in [1.165, 1.54) is 0 Å². The summed E-state index contributed by atoms with van der Waals surface area (Å²) in [5.74, 6) is 0.378. The molecule has 1 spiro atoms. The Hall–Kier alpha value is -2.80. The molecular weight excluding hydrogens is 580 g/mol. The monoisotopic (exact) mass is 630 g/mol. The van der Waals surface area contributed by atoms with Gasteiger partial charge in [0, 0.05) is 57.7 Å². The fourth-order valence-electron chi connectivity index (χ4n) is 6.38. The van der Waals surface area contributed by atoms with E-state index in [0.717, 1.165) is 35.5 Å². The van der Waals surface area contributed by atoms with Crippen LogP contribution in [-0.4, -0.2) is 91.3 Å². The molecule has 11 nitrogen and oxygen atoms in total. The van der Waals surface area contributed by atoms with Gasteiger partial charge in [0.05, 0.1) is 16.3 Å². The Balaban J connectivity index is 1.44. The number of piperidine rings is 1. The zero-order chi connectivity index (χ0) is 32.1. The highest BCUT2D eigenvalue weighted by Crippen LogP contribution is 2.35. The predicted molar refractivity (Wildman–Crippen MR) is 170 cm³/mol. The number of likely N-dealkylation sites (tertiary alicyclic amines) is 1. The number of carbonyl (C=O) groups is 2. The fourth-order valence-corrected chi connectivity index (χ4v) is 7.45. The molecule has 2 amide bonds. The molecule has 1 atom stereocenters. The van der Waals surface area contributed by atoms with Crippen molar-refractivity contribution in [3.8, 4) is 5.69 Å². The van der Waals surface area contributed by atoms with Gasteiger partial charge in [0.25, 0.3) is 0 Å². The SMILES string of the molecule is CCCCN1C(=O)[C@H](CC(C)C)NC(=O)C12CCN(Cc1c(C)nn(-c3ccc(S(=O)(=O)NCCCOC)cc3)c1C)CC2. The maximum Gasteiger partial charge on any atom is 0.246 e. The Morgan fingerprint density at radius 3 is 2.41 bits per heavy atom. The number of methoxy groups -OCH3 is 1. The molecule has 12 heteroatoms. The van der Waals surface area contributed by atoms with Crippen LogP contribution in [0.4, 0.5) is 0 Å². The van der Waals surface area contributed by atoms with Gasteiger partial charge in [0.15, 0.2) is 0 Å². The third-order valence-corrected chi connectivity index (χ3v) is 10.4. The van der Waals surface area contributed by atoms with E-state index in [1.807, 2.05) is 23.4 Å². The van der Waals surface area contributed by atoms with Crippen LogP contribution in [0.3, 0.4) is 0 Å². The molecule has 1 aromatic carbocycles. The molecule has 2 fully saturated rings. The van der Waals surface area contributed by atoms with Crippen molar-refractivity contribution in [2.45, 2.75) is 96.2 Å². The van der Waals surface area contributed by atoms with Gasteiger partial charge >= 0.3 is 0 Å². The van der Waals surface area contributed by atoms with Crippen LogP contribution in [0.5, 0.6) is 0 Å². The van der Waals surface area contributed by atoms with Crippen molar-refractivity contribution >= 4 is 21.8 Å². The van der Waals surface area contributed by atoms with Crippen molar-refractivity contribution in [3.05, 3.63) is 41.2 Å². The second-order valence-electron chi connectivity index (χ2n) is 12.6. The van der Waals surface area contributed by atoms with Gasteiger partial charge in [0.1, 0.15) is 11.6 Å². The molecular formula is C32H50N6O5S. The lowest BCUT2D eigenvalue weighted by atomic mass is 9.80. The number of amides is 2. The first kappa shape index (κ1) is 34.1. The zero-order valence-electron chi connectivity index (χ0n) is 27.2. The Morgan fingerprint density at radius 2 is 1.80 bits per heavy atom. The van der Waals surface area contributed by atoms with Gasteiger partial charge < -0.3 is 15.0 Å². The lowest BCUT2D eigenvalue weighted by molar-refractivity contribution is -0.161. The number of aromatic nitrogens is 2. The summed E-state index contributed by atoms with van der Waals surface area (Å²) < 4.78 is 34.7. The second kappa shape index (κ2) is 14.5. The number of nitrogens with zero attached hydrogens (tertiary/aromatic N) is 4. The summed E-state index contributed by atoms with van der Waals surface area (Å²) in [6.45, 7) is 13.8. The molecule has 4 rings (SSSR count). The lowest BCUT2D eigenvalue weighted by Crippen LogP contribution is -2.73. The summed E-state index contributed by atoms with van der Waals surface area (Å²) in [7, 11) is -2.02. The van der Waals surface area contributed by atoms with Crippen LogP contribution in [0.25, 0.3) is 5.69 Å². The molecule has 0 saturated carbocycles. The normalized spacial score (nSPS) is 19.2. The average molecular weight is 631 g/mol. The van der Waals surface area contributed by atoms with E-state index >= 15 is 0 Å². The number of sulfonamides is 1. The van der Waals surface area contributed by atoms with Crippen molar-refractivity contribution in [1.29, 1.82) is 0 Å². The first-order valence-electron chi connectivity index (χ1n) is 15.9. The summed E-state index contributed by atoms with van der Waals surface area (Å²) in [4.78, 5) is 31.6. The van der Waals surface area contributed by atoms with Crippen LogP contribution >= 0.6 is 0 Å². The molecule has 0 aliphatic carbocycles. The smallest absolute Gasteiger partial charge is 0.246 e. The Bertz CT molecular complexity index is 1400. The van der Waals surface area contributed by atoms with Gasteiger partial charge in [-0.15, -0.1) is 0 Å². The predicted octanol–water partition coefficient (Wildman–Crippen LogP) is 3.31. The molecule has 2 aliphatic rings. The summed E-state index contributed by atoms with van der Waals surface area (Å²) in [6.07, 6.45) is 4.31. The molecule has 3 heterocycles. The number of benzene rings is 1. The van der Waals surface area contributed by atoms with Gasteiger partial charge in [-0.25, -0.2) is 17.8 Å². The largest absolute Gasteiger partial charge is 0.385 e. The molecule has 44 heavy (non-hydrogen) atoms. The number of ether oxygens (including phenoxy) is 1. The summed E-state index contributed by atoms with van der Waals surface area (Å²) in [5.41, 5.74) is 3.01. The highest BCUT2D eigenvalue weighted by atomic mass is 32.2. The highest BCUT2D eigenvalue weighted by molar-refractivity contribution is 7.89. The minimum Gasteiger partial charge on any atom is -0.385 e. The molecule has 1 aromatic heterocycles. The molecule has 2 aliphatic heterocycles. The standard InChI is InChI=1S/C32H50N6O5S/c1-7-8-17-37-30(39)29(21-23(2)3)34-31(40)32(37)14-18-36(19-15-32)22-28-24(4)35-38(25(28)5)26-10-12-27(13-11-26)44(41,42)33-16-9-20-43-6/h10-13,23,29,33H,7-9,14-22H2,1-6H3,(H,34,40)/t29-/m0/s1. The van der Waals surface area contributed by atoms with E-state index in [4.69, 9.17) is 9.84 Å². The van der Waals surface area contributed by atoms with Gasteiger partial charge in [-0.3, -0.25) is 14.5 Å². The first-order valence-corrected chi connectivity index (χ1v) is 17.4. The van der Waals surface area contributed by atoms with E-state index in [2.05, 4.69) is 35.7 Å². The van der Waals surface area contributed by atoms with Crippen LogP contribution in [0.1, 0.15) is 76.2 Å². The lowest BCUT2D eigenvalue weighted by Gasteiger charge is -2.52. The van der Waals surface area contributed by atoms with E-state index in [0.29, 0.717) is 70.9 Å². The highest BCUT2D eigenvalue weighted by Gasteiger charge is 2.53. The van der Waals surface area contributed by atoms with Crippen molar-refractivity contribution in [2.75, 3.05) is 39.9 Å². The van der Waals surface area contributed by atoms with E-state index in [-0.39, 0.29) is 16.7 Å². The van der Waals surface area contributed by atoms with E-state index in [9.17, 15) is 18.0 Å². The third-order valence-electron chi connectivity index (χ3n) is 8.97. The number of piperazine rings is 1. The van der Waals surface area contributed by atoms with Crippen molar-refractivity contribution in [1.82, 2.24) is 29.6 Å². The number of unbranched alkanes of at least 4 members (excludes halogenated alkanes) is 1. The van der Waals surface area contributed by atoms with Crippen LogP contribution in [0.15, 0.2) is 29.2 Å². The van der Waals surface area contributed by atoms with Gasteiger partial charge in [-0.1, -0.05) is 27.2 Å². The van der Waals surface area contributed by atoms with Gasteiger partial charge in [-0.2, -0.15) is 5.10 Å². The Kier molecular flexibility index (Phi) is 11.3. The van der Waals surface area contributed by atoms with Crippen molar-refractivity contribution < 1.29 is 22.7 Å². The Labute approximate surface area is 262 Å². The molecule has 2 aromatic rings. The van der Waals surface area contributed by atoms with Gasteiger partial charge in [0.2, 0.25) is 21.8 Å². The molecule has 2 N–H and O–H groups in total. The van der Waals surface area contributed by atoms with Crippen LogP contribution in [0.2, 0.25) is 0 Å². The zero-order valence-corrected chi connectivity index (χ0v) is 28.0. The molecule has 0 unspecified atom stereocenters. The van der Waals surface area contributed by atoms with Crippen molar-refractivity contribution in [2.24, 2.45) is 5.92 Å². The van der Waals surface area contributed by atoms with E-state index < -0.39 is 21.6 Å². The minimum atomic E-state index is -3.60. The minimum absolute atomic E-state index is 0.00526. The van der Waals surface area contributed by atoms with E-state index in [1.54, 1.807) is 31.4 Å². The van der Waals surface area contributed by atoms with Crippen LogP contribution < -0.4 is 10.0 Å². The topological polar surface area (TPSA) is 126 Å². The fraction of sp³-hybridized carbons (Fsp3) is 0.656. The number of rotatable bonds is 14. The number of aryl methyl sites for hydroxylation is 1. The average Bonchev–Trinajstić information content (AvgIpc) is 3.27. The number of hydrogen-bond acceptors (Lipinski definition) is 7.